The number of carboxylic acid groups (broad SMARTS) is 1. The van der Waals surface area contributed by atoms with Crippen molar-refractivity contribution in [2.24, 2.45) is 0 Å². The first-order valence-electron chi connectivity index (χ1n) is 7.85. The minimum absolute atomic E-state index is 0.389. The second kappa shape index (κ2) is 6.96. The van der Waals surface area contributed by atoms with Gasteiger partial charge in [0.2, 0.25) is 5.43 Å². The number of rotatable bonds is 5. The van der Waals surface area contributed by atoms with Crippen LogP contribution in [-0.2, 0) is 11.3 Å². The van der Waals surface area contributed by atoms with Crippen molar-refractivity contribution in [3.8, 4) is 5.75 Å². The van der Waals surface area contributed by atoms with Gasteiger partial charge in [-0.3, -0.25) is 9.69 Å². The topological polar surface area (TPSA) is 82.8 Å². The lowest BCUT2D eigenvalue weighted by Crippen LogP contribution is -2.38. The summed E-state index contributed by atoms with van der Waals surface area (Å²) in [5.41, 5.74) is 0.182. The molecular formula is C16H24N2O4. The average Bonchev–Trinajstić information content (AvgIpc) is 2.46. The third-order valence-corrected chi connectivity index (χ3v) is 4.46. The number of hydrogen-bond donors (Lipinski definition) is 2. The van der Waals surface area contributed by atoms with Crippen LogP contribution < -0.4 is 5.43 Å². The number of aromatic nitrogens is 1. The Kier molecular flexibility index (Phi) is 5.24. The Morgan fingerprint density at radius 3 is 2.77 bits per heavy atom. The van der Waals surface area contributed by atoms with Gasteiger partial charge in [-0.25, -0.2) is 4.79 Å². The first-order chi connectivity index (χ1) is 10.4. The Morgan fingerprint density at radius 2 is 2.18 bits per heavy atom. The first kappa shape index (κ1) is 16.5. The summed E-state index contributed by atoms with van der Waals surface area (Å²) in [5.74, 6) is -1.37. The van der Waals surface area contributed by atoms with Crippen LogP contribution in [0.3, 0.4) is 0 Å². The molecule has 1 aliphatic rings. The van der Waals surface area contributed by atoms with E-state index in [1.165, 1.54) is 23.3 Å². The van der Waals surface area contributed by atoms with Gasteiger partial charge in [0.15, 0.2) is 5.75 Å². The van der Waals surface area contributed by atoms with Crippen LogP contribution in [0.4, 0.5) is 0 Å². The molecule has 0 spiro atoms. The van der Waals surface area contributed by atoms with Crippen molar-refractivity contribution in [2.45, 2.75) is 58.2 Å². The highest BCUT2D eigenvalue weighted by Gasteiger charge is 2.24. The minimum Gasteiger partial charge on any atom is -0.503 e. The zero-order valence-corrected chi connectivity index (χ0v) is 13.2. The van der Waals surface area contributed by atoms with Crippen molar-refractivity contribution in [2.75, 3.05) is 6.54 Å². The summed E-state index contributed by atoms with van der Waals surface area (Å²) in [4.78, 5) is 25.5. The highest BCUT2D eigenvalue weighted by molar-refractivity contribution is 5.72. The maximum absolute atomic E-state index is 11.8. The number of pyridine rings is 1. The molecule has 2 heterocycles. The van der Waals surface area contributed by atoms with E-state index < -0.39 is 23.2 Å². The normalized spacial score (nSPS) is 20.7. The van der Waals surface area contributed by atoms with E-state index >= 15 is 0 Å². The number of nitrogens with zero attached hydrogens (tertiary/aromatic N) is 2. The fourth-order valence-corrected chi connectivity index (χ4v) is 3.09. The van der Waals surface area contributed by atoms with E-state index in [9.17, 15) is 19.8 Å². The molecule has 2 N–H and O–H groups in total. The molecule has 0 aliphatic carbocycles. The Bertz CT molecular complexity index is 596. The molecule has 2 rings (SSSR count). The monoisotopic (exact) mass is 308 g/mol. The first-order valence-corrected chi connectivity index (χ1v) is 7.85. The van der Waals surface area contributed by atoms with Crippen LogP contribution in [0.1, 0.15) is 51.3 Å². The number of carboxylic acids is 1. The molecule has 1 aromatic heterocycles. The van der Waals surface area contributed by atoms with E-state index in [2.05, 4.69) is 11.8 Å². The van der Waals surface area contributed by atoms with Crippen LogP contribution in [0.2, 0.25) is 0 Å². The number of piperidine rings is 1. The standard InChI is InChI=1S/C16H24N2O4/c1-3-13(16(21)22)18-10-15(20)14(19)8-12(18)9-17-7-5-4-6-11(17)2/h8,10-11,13,20H,3-7,9H2,1-2H3,(H,21,22). The molecule has 0 aromatic carbocycles. The lowest BCUT2D eigenvalue weighted by atomic mass is 10.0. The molecule has 6 nitrogen and oxygen atoms in total. The summed E-state index contributed by atoms with van der Waals surface area (Å²) < 4.78 is 1.53. The maximum Gasteiger partial charge on any atom is 0.326 e. The number of likely N-dealkylation sites (tertiary alicyclic amines) is 1. The summed E-state index contributed by atoms with van der Waals surface area (Å²) in [6.07, 6.45) is 5.07. The fraction of sp³-hybridized carbons (Fsp3) is 0.625. The molecule has 1 aliphatic heterocycles. The van der Waals surface area contributed by atoms with E-state index in [4.69, 9.17) is 0 Å². The Balaban J connectivity index is 2.38. The molecule has 1 saturated heterocycles. The van der Waals surface area contributed by atoms with E-state index in [-0.39, 0.29) is 0 Å². The summed E-state index contributed by atoms with van der Waals surface area (Å²) in [6.45, 7) is 5.40. The van der Waals surface area contributed by atoms with Crippen LogP contribution >= 0.6 is 0 Å². The molecule has 1 aromatic rings. The van der Waals surface area contributed by atoms with Crippen LogP contribution in [-0.4, -0.2) is 38.2 Å². The third kappa shape index (κ3) is 3.50. The minimum atomic E-state index is -0.960. The molecule has 0 saturated carbocycles. The summed E-state index contributed by atoms with van der Waals surface area (Å²) in [7, 11) is 0. The second-order valence-corrected chi connectivity index (χ2v) is 6.00. The zero-order valence-electron chi connectivity index (χ0n) is 13.2. The van der Waals surface area contributed by atoms with Crippen molar-refractivity contribution >= 4 is 5.97 Å². The number of aliphatic carboxylic acids is 1. The fourth-order valence-electron chi connectivity index (χ4n) is 3.09. The zero-order chi connectivity index (χ0) is 16.3. The summed E-state index contributed by atoms with van der Waals surface area (Å²) in [6, 6.07) is 1.00. The van der Waals surface area contributed by atoms with Gasteiger partial charge in [0, 0.05) is 24.3 Å². The second-order valence-electron chi connectivity index (χ2n) is 6.00. The van der Waals surface area contributed by atoms with Gasteiger partial charge in [-0.2, -0.15) is 0 Å². The van der Waals surface area contributed by atoms with Crippen molar-refractivity contribution in [3.05, 3.63) is 28.2 Å². The van der Waals surface area contributed by atoms with Crippen molar-refractivity contribution in [1.82, 2.24) is 9.47 Å². The van der Waals surface area contributed by atoms with E-state index in [1.54, 1.807) is 6.92 Å². The van der Waals surface area contributed by atoms with Crippen LogP contribution in [0.25, 0.3) is 0 Å². The average molecular weight is 308 g/mol. The molecule has 2 unspecified atom stereocenters. The number of aromatic hydroxyl groups is 1. The Labute approximate surface area is 130 Å². The molecule has 22 heavy (non-hydrogen) atoms. The maximum atomic E-state index is 11.8. The largest absolute Gasteiger partial charge is 0.503 e. The lowest BCUT2D eigenvalue weighted by Gasteiger charge is -2.34. The third-order valence-electron chi connectivity index (χ3n) is 4.46. The SMILES string of the molecule is CCC(C(=O)O)n1cc(O)c(=O)cc1CN1CCCCC1C. The van der Waals surface area contributed by atoms with Gasteiger partial charge in [0.05, 0.1) is 6.20 Å². The molecule has 1 fully saturated rings. The molecule has 122 valence electrons. The van der Waals surface area contributed by atoms with Crippen molar-refractivity contribution < 1.29 is 15.0 Å². The Hall–Kier alpha value is -1.82. The van der Waals surface area contributed by atoms with Gasteiger partial charge in [-0.1, -0.05) is 13.3 Å². The molecule has 0 amide bonds. The highest BCUT2D eigenvalue weighted by Crippen LogP contribution is 2.22. The van der Waals surface area contributed by atoms with Crippen LogP contribution in [0, 0.1) is 0 Å². The molecule has 0 radical (unpaired) electrons. The quantitative estimate of drug-likeness (QED) is 0.869. The van der Waals surface area contributed by atoms with Crippen molar-refractivity contribution in [3.63, 3.8) is 0 Å². The molecular weight excluding hydrogens is 284 g/mol. The van der Waals surface area contributed by atoms with Gasteiger partial charge in [0.1, 0.15) is 6.04 Å². The smallest absolute Gasteiger partial charge is 0.326 e. The number of carbonyl (C=O) groups is 1. The predicted octanol–water partition coefficient (Wildman–Crippen LogP) is 1.96. The predicted molar refractivity (Wildman–Crippen MR) is 83.1 cm³/mol. The van der Waals surface area contributed by atoms with E-state index in [0.717, 1.165) is 19.4 Å². The summed E-state index contributed by atoms with van der Waals surface area (Å²) in [5, 5.41) is 19.0. The molecule has 0 bridgehead atoms. The number of hydrogen-bond acceptors (Lipinski definition) is 4. The van der Waals surface area contributed by atoms with Crippen LogP contribution in [0.15, 0.2) is 17.1 Å². The highest BCUT2D eigenvalue weighted by atomic mass is 16.4. The van der Waals surface area contributed by atoms with E-state index in [0.29, 0.717) is 24.7 Å². The molecule has 2 atom stereocenters. The van der Waals surface area contributed by atoms with Gasteiger partial charge in [0.25, 0.3) is 0 Å². The van der Waals surface area contributed by atoms with Crippen LogP contribution in [0.5, 0.6) is 5.75 Å². The van der Waals surface area contributed by atoms with Gasteiger partial charge in [-0.05, 0) is 32.7 Å². The van der Waals surface area contributed by atoms with Gasteiger partial charge >= 0.3 is 5.97 Å². The molecule has 6 heteroatoms. The lowest BCUT2D eigenvalue weighted by molar-refractivity contribution is -0.141. The van der Waals surface area contributed by atoms with Crippen molar-refractivity contribution in [1.29, 1.82) is 0 Å². The van der Waals surface area contributed by atoms with Gasteiger partial charge < -0.3 is 14.8 Å². The Morgan fingerprint density at radius 1 is 1.45 bits per heavy atom. The summed E-state index contributed by atoms with van der Waals surface area (Å²) >= 11 is 0. The van der Waals surface area contributed by atoms with Gasteiger partial charge in [-0.15, -0.1) is 0 Å². The van der Waals surface area contributed by atoms with E-state index in [1.807, 2.05) is 0 Å².